The molecule has 0 unspecified atom stereocenters. The van der Waals surface area contributed by atoms with Crippen LogP contribution in [0, 0.1) is 5.92 Å². The molecule has 2 rings (SSSR count). The second-order valence-corrected chi connectivity index (χ2v) is 12.8. The number of sulfonamides is 1. The summed E-state index contributed by atoms with van der Waals surface area (Å²) in [5.74, 6) is 0.648. The Morgan fingerprint density at radius 2 is 1.62 bits per heavy atom. The van der Waals surface area contributed by atoms with Gasteiger partial charge in [-0.1, -0.05) is 70.2 Å². The fraction of sp³-hybridized carbons (Fsp3) is 0.581. The molecule has 2 aromatic rings. The Balaban J connectivity index is 2.01. The van der Waals surface area contributed by atoms with Gasteiger partial charge >= 0.3 is 0 Å². The first kappa shape index (κ1) is 33.7. The number of ether oxygens (including phenoxy) is 1. The number of hydrogen-bond donors (Lipinski definition) is 3. The van der Waals surface area contributed by atoms with Crippen molar-refractivity contribution in [3.8, 4) is 5.75 Å². The van der Waals surface area contributed by atoms with Crippen molar-refractivity contribution in [1.82, 2.24) is 14.9 Å². The maximum absolute atomic E-state index is 12.9. The fourth-order valence-corrected chi connectivity index (χ4v) is 5.92. The van der Waals surface area contributed by atoms with E-state index < -0.39 is 22.2 Å². The molecule has 224 valence electrons. The number of amides is 1. The summed E-state index contributed by atoms with van der Waals surface area (Å²) in [4.78, 5) is 12.9. The Morgan fingerprint density at radius 3 is 2.23 bits per heavy atom. The molecule has 0 aliphatic heterocycles. The molecule has 3 N–H and O–H groups in total. The van der Waals surface area contributed by atoms with E-state index in [0.717, 1.165) is 42.7 Å². The third-order valence-electron chi connectivity index (χ3n) is 6.62. The molecule has 40 heavy (non-hydrogen) atoms. The van der Waals surface area contributed by atoms with E-state index in [1.54, 1.807) is 0 Å². The molecule has 9 heteroatoms. The van der Waals surface area contributed by atoms with E-state index in [-0.39, 0.29) is 18.1 Å². The number of benzene rings is 2. The lowest BCUT2D eigenvalue weighted by Gasteiger charge is -2.26. The zero-order chi connectivity index (χ0) is 29.4. The normalized spacial score (nSPS) is 13.4. The van der Waals surface area contributed by atoms with Crippen molar-refractivity contribution in [2.75, 3.05) is 31.9 Å². The molecule has 0 radical (unpaired) electrons. The van der Waals surface area contributed by atoms with Crippen LogP contribution in [0.25, 0.3) is 0 Å². The minimum atomic E-state index is -3.53. The number of aliphatic hydroxyl groups excluding tert-OH is 1. The second-order valence-electron chi connectivity index (χ2n) is 10.7. The van der Waals surface area contributed by atoms with Gasteiger partial charge in [0.05, 0.1) is 17.9 Å². The van der Waals surface area contributed by atoms with Gasteiger partial charge in [0.2, 0.25) is 15.9 Å². The molecule has 0 aromatic heterocycles. The highest BCUT2D eigenvalue weighted by molar-refractivity contribution is 7.89. The van der Waals surface area contributed by atoms with Crippen molar-refractivity contribution >= 4 is 15.9 Å². The van der Waals surface area contributed by atoms with Crippen LogP contribution in [0.15, 0.2) is 54.6 Å². The molecule has 0 fully saturated rings. The summed E-state index contributed by atoms with van der Waals surface area (Å²) in [7, 11) is -3.53. The summed E-state index contributed by atoms with van der Waals surface area (Å²) in [6.07, 6.45) is 1.85. The predicted octanol–water partition coefficient (Wildman–Crippen LogP) is 4.13. The standard InChI is InChI=1S/C31H49N3O5S/c1-5-19-34(20-6-2)40(37,38)21-17-31(36)33-29(30(35)23-32-18-16-25(3)4)22-26-12-14-28(15-13-26)39-24-27-10-8-7-9-11-27/h7-15,25,29-30,32,35H,5-6,16-24H2,1-4H3,(H,33,36)/t29-,30-/m0/s1. The van der Waals surface area contributed by atoms with Gasteiger partial charge in [-0.05, 0) is 61.4 Å². The van der Waals surface area contributed by atoms with Gasteiger partial charge in [-0.25, -0.2) is 12.7 Å². The first-order valence-electron chi connectivity index (χ1n) is 14.6. The molecule has 0 saturated carbocycles. The molecule has 0 spiro atoms. The highest BCUT2D eigenvalue weighted by Gasteiger charge is 2.25. The van der Waals surface area contributed by atoms with E-state index in [4.69, 9.17) is 4.74 Å². The molecular weight excluding hydrogens is 526 g/mol. The van der Waals surface area contributed by atoms with Crippen molar-refractivity contribution in [2.45, 2.75) is 78.6 Å². The molecule has 0 aliphatic carbocycles. The molecule has 2 aromatic carbocycles. The summed E-state index contributed by atoms with van der Waals surface area (Å²) in [5.41, 5.74) is 2.01. The monoisotopic (exact) mass is 575 g/mol. The lowest BCUT2D eigenvalue weighted by atomic mass is 10.0. The van der Waals surface area contributed by atoms with Crippen molar-refractivity contribution in [1.29, 1.82) is 0 Å². The van der Waals surface area contributed by atoms with Gasteiger partial charge in [0, 0.05) is 26.1 Å². The summed E-state index contributed by atoms with van der Waals surface area (Å²) in [6, 6.07) is 17.0. The maximum Gasteiger partial charge on any atom is 0.221 e. The van der Waals surface area contributed by atoms with Gasteiger partial charge in [0.25, 0.3) is 0 Å². The Hall–Kier alpha value is -2.46. The smallest absolute Gasteiger partial charge is 0.221 e. The zero-order valence-electron chi connectivity index (χ0n) is 24.6. The van der Waals surface area contributed by atoms with Gasteiger partial charge in [0.1, 0.15) is 12.4 Å². The number of hydrogen-bond acceptors (Lipinski definition) is 6. The number of nitrogens with zero attached hydrogens (tertiary/aromatic N) is 1. The van der Waals surface area contributed by atoms with Crippen molar-refractivity contribution in [3.05, 3.63) is 65.7 Å². The van der Waals surface area contributed by atoms with Crippen LogP contribution in [0.3, 0.4) is 0 Å². The van der Waals surface area contributed by atoms with E-state index in [1.807, 2.05) is 68.4 Å². The first-order chi connectivity index (χ1) is 19.1. The SMILES string of the molecule is CCCN(CCC)S(=O)(=O)CCC(=O)N[C@@H](Cc1ccc(OCc2ccccc2)cc1)[C@@H](O)CNCCC(C)C. The van der Waals surface area contributed by atoms with Crippen LogP contribution in [0.1, 0.15) is 64.5 Å². The Labute approximate surface area is 241 Å². The van der Waals surface area contributed by atoms with Crippen LogP contribution in [-0.4, -0.2) is 67.8 Å². The predicted molar refractivity (Wildman–Crippen MR) is 162 cm³/mol. The molecule has 0 heterocycles. The molecule has 1 amide bonds. The summed E-state index contributed by atoms with van der Waals surface area (Å²) < 4.78 is 33.0. The zero-order valence-corrected chi connectivity index (χ0v) is 25.5. The summed E-state index contributed by atoms with van der Waals surface area (Å²) in [6.45, 7) is 10.6. The average molecular weight is 576 g/mol. The topological polar surface area (TPSA) is 108 Å². The Bertz CT molecular complexity index is 1070. The van der Waals surface area contributed by atoms with Crippen LogP contribution in [-0.2, 0) is 27.8 Å². The highest BCUT2D eigenvalue weighted by Crippen LogP contribution is 2.16. The lowest BCUT2D eigenvalue weighted by molar-refractivity contribution is -0.122. The molecule has 0 saturated heterocycles. The van der Waals surface area contributed by atoms with Gasteiger partial charge in [-0.15, -0.1) is 0 Å². The van der Waals surface area contributed by atoms with E-state index in [9.17, 15) is 18.3 Å². The average Bonchev–Trinajstić information content (AvgIpc) is 2.94. The van der Waals surface area contributed by atoms with E-state index in [0.29, 0.717) is 38.6 Å². The number of rotatable bonds is 20. The third kappa shape index (κ3) is 12.8. The van der Waals surface area contributed by atoms with E-state index in [1.165, 1.54) is 4.31 Å². The van der Waals surface area contributed by atoms with E-state index in [2.05, 4.69) is 24.5 Å². The van der Waals surface area contributed by atoms with E-state index >= 15 is 0 Å². The van der Waals surface area contributed by atoms with Crippen LogP contribution in [0.2, 0.25) is 0 Å². The second kappa shape index (κ2) is 18.1. The number of carbonyl (C=O) groups excluding carboxylic acids is 1. The van der Waals surface area contributed by atoms with Gasteiger partial charge in [-0.2, -0.15) is 0 Å². The first-order valence-corrected chi connectivity index (χ1v) is 16.2. The van der Waals surface area contributed by atoms with Crippen molar-refractivity contribution < 1.29 is 23.1 Å². The molecule has 2 atom stereocenters. The molecule has 0 aliphatic rings. The maximum atomic E-state index is 12.9. The minimum Gasteiger partial charge on any atom is -0.489 e. The van der Waals surface area contributed by atoms with Crippen LogP contribution >= 0.6 is 0 Å². The van der Waals surface area contributed by atoms with Gasteiger partial charge in [-0.3, -0.25) is 4.79 Å². The molecule has 8 nitrogen and oxygen atoms in total. The fourth-order valence-electron chi connectivity index (χ4n) is 4.30. The van der Waals surface area contributed by atoms with Crippen molar-refractivity contribution in [3.63, 3.8) is 0 Å². The lowest BCUT2D eigenvalue weighted by Crippen LogP contribution is -2.49. The quantitative estimate of drug-likeness (QED) is 0.205. The van der Waals surface area contributed by atoms with Gasteiger partial charge in [0.15, 0.2) is 0 Å². The molecular formula is C31H49N3O5S. The van der Waals surface area contributed by atoms with Crippen LogP contribution in [0.4, 0.5) is 0 Å². The largest absolute Gasteiger partial charge is 0.489 e. The molecule has 0 bridgehead atoms. The Morgan fingerprint density at radius 1 is 0.975 bits per heavy atom. The summed E-state index contributed by atoms with van der Waals surface area (Å²) >= 11 is 0. The van der Waals surface area contributed by atoms with Crippen molar-refractivity contribution in [2.24, 2.45) is 5.92 Å². The minimum absolute atomic E-state index is 0.150. The van der Waals surface area contributed by atoms with Crippen LogP contribution in [0.5, 0.6) is 5.75 Å². The number of aliphatic hydroxyl groups is 1. The van der Waals surface area contributed by atoms with Crippen LogP contribution < -0.4 is 15.4 Å². The highest BCUT2D eigenvalue weighted by atomic mass is 32.2. The Kier molecular flexibility index (Phi) is 15.2. The summed E-state index contributed by atoms with van der Waals surface area (Å²) in [5, 5.41) is 17.2. The van der Waals surface area contributed by atoms with Gasteiger partial charge < -0.3 is 20.5 Å². The number of nitrogens with one attached hydrogen (secondary N) is 2. The third-order valence-corrected chi connectivity index (χ3v) is 8.49. The number of carbonyl (C=O) groups is 1.